The summed E-state index contributed by atoms with van der Waals surface area (Å²) < 4.78 is 6.50. The van der Waals surface area contributed by atoms with Gasteiger partial charge in [-0.3, -0.25) is 0 Å². The number of rotatable bonds is 16. The van der Waals surface area contributed by atoms with Gasteiger partial charge in [-0.25, -0.2) is 0 Å². The molecule has 0 aromatic heterocycles. The van der Waals surface area contributed by atoms with Gasteiger partial charge < -0.3 is 39.6 Å². The molecule has 0 aromatic rings. The van der Waals surface area contributed by atoms with Crippen LogP contribution in [0.5, 0.6) is 0 Å². The molecule has 10 heteroatoms. The molecule has 0 bridgehead atoms. The van der Waals surface area contributed by atoms with Gasteiger partial charge in [-0.15, -0.1) is 0 Å². The normalized spacial score (nSPS) is 9.29. The number of carboxylic acid groups (broad SMARTS) is 4. The van der Waals surface area contributed by atoms with Gasteiger partial charge in [0.15, 0.2) is 0 Å². The number of carboxylic acids is 4. The van der Waals surface area contributed by atoms with E-state index in [4.69, 9.17) is 0 Å². The van der Waals surface area contributed by atoms with Crippen LogP contribution in [0, 0.1) is 0 Å². The van der Waals surface area contributed by atoms with Crippen LogP contribution in [-0.4, -0.2) is 66.2 Å². The minimum absolute atomic E-state index is 0.149. The van der Waals surface area contributed by atoms with Crippen molar-refractivity contribution < 1.29 is 39.6 Å². The van der Waals surface area contributed by atoms with Gasteiger partial charge in [0.1, 0.15) is 0 Å². The molecular formula is C24H40O8Sn2. The number of carbonyl (C=O) groups excluding carboxylic acids is 4. The Labute approximate surface area is 225 Å². The molecule has 0 radical (unpaired) electrons. The molecule has 8 nitrogen and oxygen atoms in total. The smallest absolute Gasteiger partial charge is 0.0643 e. The van der Waals surface area contributed by atoms with Crippen LogP contribution < -0.4 is 20.4 Å². The molecule has 0 spiro atoms. The summed E-state index contributed by atoms with van der Waals surface area (Å²) in [4.78, 5) is 37.7. The fourth-order valence-electron chi connectivity index (χ4n) is 1.73. The van der Waals surface area contributed by atoms with Crippen LogP contribution in [0.15, 0.2) is 24.3 Å². The monoisotopic (exact) mass is 696 g/mol. The average molecular weight is 694 g/mol. The summed E-state index contributed by atoms with van der Waals surface area (Å²) in [5.41, 5.74) is 0. The van der Waals surface area contributed by atoms with Gasteiger partial charge in [0, 0.05) is 0 Å². The van der Waals surface area contributed by atoms with E-state index in [1.54, 1.807) is 17.7 Å². The molecular weight excluding hydrogens is 654 g/mol. The Morgan fingerprint density at radius 1 is 0.471 bits per heavy atom. The van der Waals surface area contributed by atoms with Crippen molar-refractivity contribution in [3.63, 3.8) is 0 Å². The van der Waals surface area contributed by atoms with Gasteiger partial charge in [-0.2, -0.15) is 0 Å². The zero-order valence-corrected chi connectivity index (χ0v) is 26.8. The molecule has 0 heterocycles. The van der Waals surface area contributed by atoms with Crippen molar-refractivity contribution in [2.45, 2.75) is 96.8 Å². The molecule has 0 aliphatic rings. The second-order valence-electron chi connectivity index (χ2n) is 6.86. The number of hydrogen-bond acceptors (Lipinski definition) is 8. The van der Waals surface area contributed by atoms with E-state index in [1.165, 1.54) is 51.4 Å². The van der Waals surface area contributed by atoms with Crippen LogP contribution in [0.3, 0.4) is 0 Å². The quantitative estimate of drug-likeness (QED) is 0.127. The number of aliphatic carboxylic acids is 4. The van der Waals surface area contributed by atoms with Gasteiger partial charge in [-0.05, 0) is 24.3 Å². The fourth-order valence-corrected chi connectivity index (χ4v) is 10.0. The van der Waals surface area contributed by atoms with E-state index in [1.807, 2.05) is 0 Å². The first-order valence-corrected chi connectivity index (χ1v) is 19.8. The summed E-state index contributed by atoms with van der Waals surface area (Å²) in [7, 11) is 0. The van der Waals surface area contributed by atoms with Crippen LogP contribution in [0.1, 0.15) is 79.1 Å². The third-order valence-electron chi connectivity index (χ3n) is 3.54. The van der Waals surface area contributed by atoms with Crippen molar-refractivity contribution in [2.24, 2.45) is 0 Å². The van der Waals surface area contributed by atoms with Crippen LogP contribution in [-0.2, 0) is 19.2 Å². The Bertz CT molecular complexity index is 457. The van der Waals surface area contributed by atoms with Gasteiger partial charge >= 0.3 is 139 Å². The molecule has 0 atom stereocenters. The topological polar surface area (TPSA) is 161 Å². The Kier molecular flexibility index (Phi) is 43.1. The third-order valence-corrected chi connectivity index (χ3v) is 11.6. The Morgan fingerprint density at radius 3 is 0.765 bits per heavy atom. The zero-order valence-electron chi connectivity index (χ0n) is 21.1. The van der Waals surface area contributed by atoms with Crippen LogP contribution in [0.2, 0.25) is 17.7 Å². The molecule has 0 fully saturated rings. The summed E-state index contributed by atoms with van der Waals surface area (Å²) in [6, 6.07) is 0. The molecule has 0 aromatic carbocycles. The fraction of sp³-hybridized carbons (Fsp3) is 0.667. The first kappa shape index (κ1) is 40.1. The molecule has 34 heavy (non-hydrogen) atoms. The van der Waals surface area contributed by atoms with E-state index in [-0.39, 0.29) is 42.3 Å². The molecule has 0 saturated carbocycles. The maximum absolute atomic E-state index is 9.41. The second-order valence-corrected chi connectivity index (χ2v) is 15.4. The summed E-state index contributed by atoms with van der Waals surface area (Å²) in [6.45, 7) is 9.16. The summed E-state index contributed by atoms with van der Waals surface area (Å²) in [5, 5.41) is 37.7. The average Bonchev–Trinajstić information content (AvgIpc) is 2.77. The van der Waals surface area contributed by atoms with Gasteiger partial charge in [0.05, 0.1) is 23.9 Å². The van der Waals surface area contributed by atoms with E-state index in [0.29, 0.717) is 24.3 Å². The first-order chi connectivity index (χ1) is 16.1. The van der Waals surface area contributed by atoms with Gasteiger partial charge in [0.2, 0.25) is 0 Å². The van der Waals surface area contributed by atoms with Crippen molar-refractivity contribution >= 4 is 66.2 Å². The van der Waals surface area contributed by atoms with Crippen LogP contribution in [0.25, 0.3) is 0 Å². The van der Waals surface area contributed by atoms with Gasteiger partial charge in [-0.1, -0.05) is 0 Å². The van der Waals surface area contributed by atoms with E-state index >= 15 is 0 Å². The molecule has 0 amide bonds. The molecule has 0 aliphatic carbocycles. The Morgan fingerprint density at radius 2 is 0.647 bits per heavy atom. The molecule has 0 unspecified atom stereocenters. The van der Waals surface area contributed by atoms with E-state index < -0.39 is 23.9 Å². The Balaban J connectivity index is -0.000000177. The molecule has 0 rings (SSSR count). The predicted octanol–water partition coefficient (Wildman–Crippen LogP) is 0.340. The SMILES string of the molecule is CCC[CH2][Sn+2][CH2]CCC.CCC[CH2][Sn+2][CH2]CCC.O=C([O-])/C=C\C(=O)[O-].O=C([O-])/C=C\C(=O)[O-]. The van der Waals surface area contributed by atoms with Crippen molar-refractivity contribution in [1.82, 2.24) is 0 Å². The third kappa shape index (κ3) is 63.3. The maximum atomic E-state index is 9.41. The summed E-state index contributed by atoms with van der Waals surface area (Å²) in [6.07, 6.45) is 13.2. The first-order valence-electron chi connectivity index (χ1n) is 11.7. The number of hydrogen-bond donors (Lipinski definition) is 0. The second kappa shape index (κ2) is 36.5. The molecule has 0 aliphatic heterocycles. The maximum Gasteiger partial charge on any atom is 0.0643 e. The molecule has 0 N–H and O–H groups in total. The standard InChI is InChI=1S/2C4H4O4.4C4H9.2Sn/c2*5-3(6)1-2-4(7)8;4*1-3-4-2;;/h2*1-2H,(H,5,6)(H,7,8);4*1,3-4H2,2H3;;/q;;;;;;2*+2/p-4/b2*2-1-;;;;;;. The summed E-state index contributed by atoms with van der Waals surface area (Å²) >= 11 is 0.299. The van der Waals surface area contributed by atoms with Crippen LogP contribution in [0.4, 0.5) is 0 Å². The van der Waals surface area contributed by atoms with Crippen molar-refractivity contribution in [3.05, 3.63) is 24.3 Å². The summed E-state index contributed by atoms with van der Waals surface area (Å²) in [5.74, 6) is -6.19. The predicted molar refractivity (Wildman–Crippen MR) is 129 cm³/mol. The number of carbonyl (C=O) groups is 4. The molecule has 0 saturated heterocycles. The van der Waals surface area contributed by atoms with Gasteiger partial charge in [0.25, 0.3) is 0 Å². The largest absolute Gasteiger partial charge is 0.545 e. The van der Waals surface area contributed by atoms with E-state index in [9.17, 15) is 39.6 Å². The Hall–Kier alpha value is -1.04. The minimum Gasteiger partial charge on any atom is -0.545 e. The molecule has 192 valence electrons. The van der Waals surface area contributed by atoms with E-state index in [2.05, 4.69) is 27.7 Å². The number of unbranched alkanes of at least 4 members (excludes halogenated alkanes) is 4. The zero-order chi connectivity index (χ0) is 27.0. The van der Waals surface area contributed by atoms with Crippen molar-refractivity contribution in [3.8, 4) is 0 Å². The van der Waals surface area contributed by atoms with E-state index in [0.717, 1.165) is 0 Å². The van der Waals surface area contributed by atoms with Crippen LogP contribution >= 0.6 is 0 Å². The minimum atomic E-state index is -1.55. The van der Waals surface area contributed by atoms with Crippen molar-refractivity contribution in [2.75, 3.05) is 0 Å². The van der Waals surface area contributed by atoms with Crippen molar-refractivity contribution in [1.29, 1.82) is 0 Å².